The lowest BCUT2D eigenvalue weighted by Gasteiger charge is -2.42. The van der Waals surface area contributed by atoms with Crippen molar-refractivity contribution in [2.45, 2.75) is 70.4 Å². The maximum atomic E-state index is 11.7. The van der Waals surface area contributed by atoms with Crippen molar-refractivity contribution in [1.82, 2.24) is 5.32 Å². The van der Waals surface area contributed by atoms with Gasteiger partial charge in [0.1, 0.15) is 0 Å². The first-order valence-electron chi connectivity index (χ1n) is 6.18. The maximum absolute atomic E-state index is 11.7. The summed E-state index contributed by atoms with van der Waals surface area (Å²) >= 11 is 0. The second kappa shape index (κ2) is 5.50. The third-order valence-electron chi connectivity index (χ3n) is 3.50. The first-order chi connectivity index (χ1) is 7.12. The van der Waals surface area contributed by atoms with Gasteiger partial charge in [-0.1, -0.05) is 20.3 Å². The van der Waals surface area contributed by atoms with Gasteiger partial charge in [-0.3, -0.25) is 4.79 Å². The molecule has 0 saturated heterocycles. The van der Waals surface area contributed by atoms with Crippen molar-refractivity contribution < 1.29 is 4.79 Å². The second-order valence-electron chi connectivity index (χ2n) is 4.79. The lowest BCUT2D eigenvalue weighted by molar-refractivity contribution is -0.124. The van der Waals surface area contributed by atoms with E-state index in [0.29, 0.717) is 6.42 Å². The average molecular weight is 212 g/mol. The van der Waals surface area contributed by atoms with Gasteiger partial charge in [-0.15, -0.1) is 0 Å². The van der Waals surface area contributed by atoms with Crippen molar-refractivity contribution in [3.63, 3.8) is 0 Å². The number of rotatable bonds is 6. The topological polar surface area (TPSA) is 55.1 Å². The van der Waals surface area contributed by atoms with Crippen LogP contribution < -0.4 is 11.1 Å². The van der Waals surface area contributed by atoms with Gasteiger partial charge < -0.3 is 11.1 Å². The quantitative estimate of drug-likeness (QED) is 0.707. The molecule has 1 saturated carbocycles. The predicted molar refractivity (Wildman–Crippen MR) is 62.5 cm³/mol. The van der Waals surface area contributed by atoms with Crippen LogP contribution in [0.4, 0.5) is 0 Å². The van der Waals surface area contributed by atoms with Crippen LogP contribution in [0.1, 0.15) is 58.8 Å². The number of carbonyl (C=O) groups is 1. The van der Waals surface area contributed by atoms with E-state index in [2.05, 4.69) is 19.2 Å². The van der Waals surface area contributed by atoms with Crippen molar-refractivity contribution >= 4 is 5.91 Å². The van der Waals surface area contributed by atoms with Crippen LogP contribution in [-0.2, 0) is 4.79 Å². The molecular weight excluding hydrogens is 188 g/mol. The molecule has 1 amide bonds. The summed E-state index contributed by atoms with van der Waals surface area (Å²) in [5.74, 6) is 0.137. The fourth-order valence-electron chi connectivity index (χ4n) is 2.23. The summed E-state index contributed by atoms with van der Waals surface area (Å²) in [6, 6.07) is 0.0315. The van der Waals surface area contributed by atoms with E-state index in [1.807, 2.05) is 0 Å². The van der Waals surface area contributed by atoms with Gasteiger partial charge in [0.25, 0.3) is 0 Å². The van der Waals surface area contributed by atoms with Crippen LogP contribution >= 0.6 is 0 Å². The number of nitrogens with two attached hydrogens (primary N) is 1. The Morgan fingerprint density at radius 3 is 2.53 bits per heavy atom. The first kappa shape index (κ1) is 12.5. The molecule has 1 unspecified atom stereocenters. The van der Waals surface area contributed by atoms with Crippen molar-refractivity contribution in [2.24, 2.45) is 5.73 Å². The fraction of sp³-hybridized carbons (Fsp3) is 0.917. The first-order valence-corrected chi connectivity index (χ1v) is 6.18. The van der Waals surface area contributed by atoms with Gasteiger partial charge in [-0.05, 0) is 32.1 Å². The zero-order chi connectivity index (χ0) is 11.3. The second-order valence-corrected chi connectivity index (χ2v) is 4.79. The minimum Gasteiger partial charge on any atom is -0.351 e. The van der Waals surface area contributed by atoms with Gasteiger partial charge in [-0.2, -0.15) is 0 Å². The predicted octanol–water partition coefficient (Wildman–Crippen LogP) is 1.95. The summed E-state index contributed by atoms with van der Waals surface area (Å²) in [5.41, 5.74) is 5.96. The largest absolute Gasteiger partial charge is 0.351 e. The van der Waals surface area contributed by atoms with Crippen molar-refractivity contribution in [2.75, 3.05) is 0 Å². The van der Waals surface area contributed by atoms with Crippen LogP contribution in [0, 0.1) is 0 Å². The summed E-state index contributed by atoms with van der Waals surface area (Å²) in [7, 11) is 0. The number of nitrogens with one attached hydrogen (secondary N) is 1. The maximum Gasteiger partial charge on any atom is 0.221 e. The molecule has 0 bridgehead atoms. The lowest BCUT2D eigenvalue weighted by atomic mass is 9.74. The minimum absolute atomic E-state index is 0.0315. The Bertz CT molecular complexity index is 206. The molecule has 3 N–H and O–H groups in total. The van der Waals surface area contributed by atoms with Gasteiger partial charge in [0.05, 0.1) is 0 Å². The molecule has 1 atom stereocenters. The van der Waals surface area contributed by atoms with Crippen molar-refractivity contribution in [3.8, 4) is 0 Å². The molecule has 15 heavy (non-hydrogen) atoms. The van der Waals surface area contributed by atoms with Crippen molar-refractivity contribution in [1.29, 1.82) is 0 Å². The van der Waals surface area contributed by atoms with E-state index in [-0.39, 0.29) is 17.5 Å². The van der Waals surface area contributed by atoms with Crippen LogP contribution in [0.2, 0.25) is 0 Å². The highest BCUT2D eigenvalue weighted by molar-refractivity contribution is 5.77. The summed E-state index contributed by atoms with van der Waals surface area (Å²) < 4.78 is 0. The van der Waals surface area contributed by atoms with Gasteiger partial charge in [0.15, 0.2) is 0 Å². The molecule has 1 rings (SSSR count). The van der Waals surface area contributed by atoms with E-state index in [1.54, 1.807) is 0 Å². The Labute approximate surface area is 92.8 Å². The zero-order valence-corrected chi connectivity index (χ0v) is 10.0. The van der Waals surface area contributed by atoms with Gasteiger partial charge in [0.2, 0.25) is 5.91 Å². The molecule has 0 radical (unpaired) electrons. The molecule has 0 aromatic heterocycles. The molecule has 3 heteroatoms. The van der Waals surface area contributed by atoms with Crippen LogP contribution in [0.25, 0.3) is 0 Å². The van der Waals surface area contributed by atoms with E-state index >= 15 is 0 Å². The zero-order valence-electron chi connectivity index (χ0n) is 10.0. The number of amides is 1. The molecule has 0 aromatic rings. The monoisotopic (exact) mass is 212 g/mol. The third kappa shape index (κ3) is 3.49. The van der Waals surface area contributed by atoms with E-state index in [9.17, 15) is 4.79 Å². The molecule has 1 fully saturated rings. The minimum atomic E-state index is 0.0315. The Hall–Kier alpha value is -0.570. The number of hydrogen-bond donors (Lipinski definition) is 2. The highest BCUT2D eigenvalue weighted by Crippen LogP contribution is 2.34. The highest BCUT2D eigenvalue weighted by Gasteiger charge is 2.36. The molecule has 0 heterocycles. The van der Waals surface area contributed by atoms with Gasteiger partial charge >= 0.3 is 0 Å². The Morgan fingerprint density at radius 1 is 1.47 bits per heavy atom. The molecular formula is C12H24N2O. The standard InChI is InChI=1S/C12H24N2O/c1-3-6-10(13)9-11(15)14-12(4-2)7-5-8-12/h10H,3-9,13H2,1-2H3,(H,14,15). The van der Waals surface area contributed by atoms with Crippen LogP contribution in [0.5, 0.6) is 0 Å². The highest BCUT2D eigenvalue weighted by atomic mass is 16.1. The molecule has 0 aromatic carbocycles. The van der Waals surface area contributed by atoms with Gasteiger partial charge in [0, 0.05) is 18.0 Å². The lowest BCUT2D eigenvalue weighted by Crippen LogP contribution is -2.53. The Kier molecular flexibility index (Phi) is 4.58. The molecule has 1 aliphatic rings. The van der Waals surface area contributed by atoms with Gasteiger partial charge in [-0.25, -0.2) is 0 Å². The fourth-order valence-corrected chi connectivity index (χ4v) is 2.23. The van der Waals surface area contributed by atoms with E-state index in [1.165, 1.54) is 6.42 Å². The molecule has 0 spiro atoms. The Morgan fingerprint density at radius 2 is 2.13 bits per heavy atom. The number of hydrogen-bond acceptors (Lipinski definition) is 2. The Balaban J connectivity index is 2.28. The van der Waals surface area contributed by atoms with Crippen molar-refractivity contribution in [3.05, 3.63) is 0 Å². The van der Waals surface area contributed by atoms with Crippen LogP contribution in [-0.4, -0.2) is 17.5 Å². The number of carbonyl (C=O) groups excluding carboxylic acids is 1. The normalized spacial score (nSPS) is 20.5. The molecule has 88 valence electrons. The van der Waals surface area contributed by atoms with E-state index < -0.39 is 0 Å². The third-order valence-corrected chi connectivity index (χ3v) is 3.50. The molecule has 0 aliphatic heterocycles. The summed E-state index contributed by atoms with van der Waals surface area (Å²) in [4.78, 5) is 11.7. The molecule has 1 aliphatic carbocycles. The summed E-state index contributed by atoms with van der Waals surface area (Å²) in [6.07, 6.45) is 7.03. The summed E-state index contributed by atoms with van der Waals surface area (Å²) in [6.45, 7) is 4.24. The van der Waals surface area contributed by atoms with Crippen LogP contribution in [0.3, 0.4) is 0 Å². The van der Waals surface area contributed by atoms with E-state index in [0.717, 1.165) is 32.1 Å². The molecule has 3 nitrogen and oxygen atoms in total. The van der Waals surface area contributed by atoms with E-state index in [4.69, 9.17) is 5.73 Å². The SMILES string of the molecule is CCCC(N)CC(=O)NC1(CC)CCC1. The van der Waals surface area contributed by atoms with Crippen LogP contribution in [0.15, 0.2) is 0 Å². The average Bonchev–Trinajstić information content (AvgIpc) is 2.11. The smallest absolute Gasteiger partial charge is 0.221 e. The summed E-state index contributed by atoms with van der Waals surface area (Å²) in [5, 5.41) is 3.15.